The lowest BCUT2D eigenvalue weighted by molar-refractivity contribution is 0.160. The molecule has 0 radical (unpaired) electrons. The molecule has 170 valence electrons. The Labute approximate surface area is 192 Å². The van der Waals surface area contributed by atoms with Crippen LogP contribution in [0.4, 0.5) is 25.0 Å². The van der Waals surface area contributed by atoms with E-state index >= 15 is 0 Å². The monoisotopic (exact) mass is 447 g/mol. The van der Waals surface area contributed by atoms with Gasteiger partial charge < -0.3 is 5.32 Å². The van der Waals surface area contributed by atoms with Crippen molar-refractivity contribution in [3.63, 3.8) is 0 Å². The molecule has 3 aromatic rings. The van der Waals surface area contributed by atoms with Crippen LogP contribution >= 0.6 is 0 Å². The third-order valence-corrected chi connectivity index (χ3v) is 6.90. The number of carbonyl (C=O) groups excluding carboxylic acids is 1. The summed E-state index contributed by atoms with van der Waals surface area (Å²) < 4.78 is 27.8. The maximum Gasteiger partial charge on any atom is 0.326 e. The first kappa shape index (κ1) is 21.6. The minimum absolute atomic E-state index is 0.278. The van der Waals surface area contributed by atoms with Crippen molar-refractivity contribution in [2.24, 2.45) is 0 Å². The van der Waals surface area contributed by atoms with E-state index in [1.54, 1.807) is 29.2 Å². The van der Waals surface area contributed by atoms with Crippen molar-refractivity contribution in [1.29, 1.82) is 0 Å². The molecule has 2 aliphatic heterocycles. The van der Waals surface area contributed by atoms with Crippen molar-refractivity contribution in [2.75, 3.05) is 29.9 Å². The van der Waals surface area contributed by atoms with Gasteiger partial charge >= 0.3 is 6.03 Å². The lowest BCUT2D eigenvalue weighted by Gasteiger charge is -2.40. The Morgan fingerprint density at radius 1 is 0.970 bits per heavy atom. The summed E-state index contributed by atoms with van der Waals surface area (Å²) in [4.78, 5) is 17.2. The molecule has 6 heteroatoms. The summed E-state index contributed by atoms with van der Waals surface area (Å²) in [6.45, 7) is 5.23. The molecule has 3 aromatic carbocycles. The summed E-state index contributed by atoms with van der Waals surface area (Å²) in [6, 6.07) is 18.7. The van der Waals surface area contributed by atoms with Crippen LogP contribution in [0.5, 0.6) is 0 Å². The SMILES string of the molecule is Cc1cccc(CN2CCC3(CC2)CN(C(=O)Nc2cccc(F)c2)c2ccc(F)cc23)c1. The predicted molar refractivity (Wildman–Crippen MR) is 127 cm³/mol. The van der Waals surface area contributed by atoms with Crippen molar-refractivity contribution < 1.29 is 13.6 Å². The Morgan fingerprint density at radius 2 is 1.73 bits per heavy atom. The number of hydrogen-bond acceptors (Lipinski definition) is 2. The van der Waals surface area contributed by atoms with Gasteiger partial charge in [-0.2, -0.15) is 0 Å². The van der Waals surface area contributed by atoms with Gasteiger partial charge in [-0.1, -0.05) is 35.9 Å². The molecule has 0 atom stereocenters. The number of nitrogens with zero attached hydrogens (tertiary/aromatic N) is 2. The van der Waals surface area contributed by atoms with Crippen LogP contribution in [-0.2, 0) is 12.0 Å². The van der Waals surface area contributed by atoms with Crippen molar-refractivity contribution in [2.45, 2.75) is 31.7 Å². The Balaban J connectivity index is 1.35. The largest absolute Gasteiger partial charge is 0.326 e. The van der Waals surface area contributed by atoms with E-state index in [1.165, 1.54) is 29.3 Å². The highest BCUT2D eigenvalue weighted by Crippen LogP contribution is 2.47. The molecule has 5 rings (SSSR count). The normalized spacial score (nSPS) is 17.2. The molecule has 2 amide bonds. The van der Waals surface area contributed by atoms with Gasteiger partial charge in [0.05, 0.1) is 0 Å². The summed E-state index contributed by atoms with van der Waals surface area (Å²) in [5.74, 6) is -0.697. The predicted octanol–water partition coefficient (Wildman–Crippen LogP) is 5.86. The van der Waals surface area contributed by atoms with Gasteiger partial charge in [0.1, 0.15) is 11.6 Å². The number of aryl methyl sites for hydroxylation is 1. The van der Waals surface area contributed by atoms with E-state index in [-0.39, 0.29) is 17.3 Å². The molecule has 0 unspecified atom stereocenters. The van der Waals surface area contributed by atoms with E-state index in [0.29, 0.717) is 12.2 Å². The number of benzene rings is 3. The number of hydrogen-bond donors (Lipinski definition) is 1. The summed E-state index contributed by atoms with van der Waals surface area (Å²) >= 11 is 0. The van der Waals surface area contributed by atoms with Crippen LogP contribution < -0.4 is 10.2 Å². The number of halogens is 2. The Kier molecular flexibility index (Phi) is 5.62. The summed E-state index contributed by atoms with van der Waals surface area (Å²) in [7, 11) is 0. The van der Waals surface area contributed by atoms with Gasteiger partial charge in [-0.05, 0) is 80.4 Å². The van der Waals surface area contributed by atoms with Crippen molar-refractivity contribution in [3.8, 4) is 0 Å². The molecular weight excluding hydrogens is 420 g/mol. The fourth-order valence-electron chi connectivity index (χ4n) is 5.22. The highest BCUT2D eigenvalue weighted by atomic mass is 19.1. The number of likely N-dealkylation sites (tertiary alicyclic amines) is 1. The highest BCUT2D eigenvalue weighted by molar-refractivity contribution is 6.03. The van der Waals surface area contributed by atoms with E-state index in [0.717, 1.165) is 43.7 Å². The lowest BCUT2D eigenvalue weighted by Crippen LogP contribution is -2.46. The number of fused-ring (bicyclic) bond motifs is 2. The number of anilines is 2. The topological polar surface area (TPSA) is 35.6 Å². The number of urea groups is 1. The van der Waals surface area contributed by atoms with Crippen molar-refractivity contribution in [3.05, 3.63) is 95.1 Å². The molecule has 4 nitrogen and oxygen atoms in total. The standard InChI is InChI=1S/C27H27F2N3O/c1-19-4-2-5-20(14-19)17-31-12-10-27(11-13-31)18-32(25-9-8-22(29)16-24(25)27)26(33)30-23-7-3-6-21(28)15-23/h2-9,14-16H,10-13,17-18H2,1H3,(H,30,33). The van der Waals surface area contributed by atoms with Crippen molar-refractivity contribution in [1.82, 2.24) is 4.90 Å². The van der Waals surface area contributed by atoms with E-state index in [9.17, 15) is 13.6 Å². The number of piperidine rings is 1. The van der Waals surface area contributed by atoms with Gasteiger partial charge in [0.25, 0.3) is 0 Å². The lowest BCUT2D eigenvalue weighted by atomic mass is 9.74. The van der Waals surface area contributed by atoms with Gasteiger partial charge in [0.2, 0.25) is 0 Å². The summed E-state index contributed by atoms with van der Waals surface area (Å²) in [6.07, 6.45) is 1.69. The van der Waals surface area contributed by atoms with Crippen molar-refractivity contribution >= 4 is 17.4 Å². The minimum atomic E-state index is -0.408. The van der Waals surface area contributed by atoms with Crippen LogP contribution in [0.2, 0.25) is 0 Å². The average Bonchev–Trinajstić information content (AvgIpc) is 3.09. The Bertz CT molecular complexity index is 1190. The Hall–Kier alpha value is -3.25. The molecule has 1 saturated heterocycles. The van der Waals surface area contributed by atoms with E-state index in [4.69, 9.17) is 0 Å². The zero-order valence-corrected chi connectivity index (χ0v) is 18.7. The molecule has 2 heterocycles. The van der Waals surface area contributed by atoms with E-state index in [2.05, 4.69) is 41.4 Å². The molecule has 0 saturated carbocycles. The van der Waals surface area contributed by atoms with Crippen LogP contribution in [0.3, 0.4) is 0 Å². The van der Waals surface area contributed by atoms with Gasteiger partial charge in [0.15, 0.2) is 0 Å². The van der Waals surface area contributed by atoms with Gasteiger partial charge in [0, 0.05) is 29.9 Å². The molecular formula is C27H27F2N3O. The molecule has 1 fully saturated rings. The van der Waals surface area contributed by atoms with Gasteiger partial charge in [-0.3, -0.25) is 9.80 Å². The minimum Gasteiger partial charge on any atom is -0.307 e. The average molecular weight is 448 g/mol. The highest BCUT2D eigenvalue weighted by Gasteiger charge is 2.46. The third-order valence-electron chi connectivity index (χ3n) is 6.90. The molecule has 1 N–H and O–H groups in total. The molecule has 0 bridgehead atoms. The zero-order chi connectivity index (χ0) is 23.0. The fraction of sp³-hybridized carbons (Fsp3) is 0.296. The molecule has 0 aliphatic carbocycles. The first-order valence-electron chi connectivity index (χ1n) is 11.3. The van der Waals surface area contributed by atoms with Crippen LogP contribution in [0, 0.1) is 18.6 Å². The van der Waals surface area contributed by atoms with Crippen LogP contribution in [0.15, 0.2) is 66.7 Å². The van der Waals surface area contributed by atoms with Crippen LogP contribution in [0.25, 0.3) is 0 Å². The molecule has 33 heavy (non-hydrogen) atoms. The maximum absolute atomic E-state index is 14.3. The van der Waals surface area contributed by atoms with E-state index < -0.39 is 5.82 Å². The number of amides is 2. The number of nitrogens with one attached hydrogen (secondary N) is 1. The quantitative estimate of drug-likeness (QED) is 0.546. The fourth-order valence-corrected chi connectivity index (χ4v) is 5.22. The smallest absolute Gasteiger partial charge is 0.307 e. The molecule has 0 aromatic heterocycles. The van der Waals surface area contributed by atoms with Crippen LogP contribution in [-0.4, -0.2) is 30.6 Å². The maximum atomic E-state index is 14.3. The second-order valence-corrected chi connectivity index (χ2v) is 9.23. The third kappa shape index (κ3) is 4.35. The second-order valence-electron chi connectivity index (χ2n) is 9.23. The van der Waals surface area contributed by atoms with Crippen LogP contribution in [0.1, 0.15) is 29.5 Å². The Morgan fingerprint density at radius 3 is 2.48 bits per heavy atom. The zero-order valence-electron chi connectivity index (χ0n) is 18.7. The second kappa shape index (κ2) is 8.60. The molecule has 1 spiro atoms. The first-order chi connectivity index (χ1) is 15.9. The van der Waals surface area contributed by atoms with Gasteiger partial charge in [-0.15, -0.1) is 0 Å². The van der Waals surface area contributed by atoms with Gasteiger partial charge in [-0.25, -0.2) is 13.6 Å². The summed E-state index contributed by atoms with van der Waals surface area (Å²) in [5.41, 5.74) is 4.29. The number of rotatable bonds is 3. The molecule has 2 aliphatic rings. The van der Waals surface area contributed by atoms with E-state index in [1.807, 2.05) is 0 Å². The number of carbonyl (C=O) groups is 1. The summed E-state index contributed by atoms with van der Waals surface area (Å²) in [5, 5.41) is 2.79. The first-order valence-corrected chi connectivity index (χ1v) is 11.3.